The Bertz CT molecular complexity index is 1090. The topological polar surface area (TPSA) is 83.9 Å². The van der Waals surface area contributed by atoms with Gasteiger partial charge < -0.3 is 39.0 Å². The molecule has 0 radical (unpaired) electrons. The molecular formula is C32H50N2O6. The van der Waals surface area contributed by atoms with Crippen LogP contribution in [0, 0.1) is 13.8 Å². The van der Waals surface area contributed by atoms with Gasteiger partial charge in [-0.15, -0.1) is 0 Å². The van der Waals surface area contributed by atoms with Crippen molar-refractivity contribution in [1.29, 1.82) is 0 Å². The van der Waals surface area contributed by atoms with Crippen LogP contribution in [0.3, 0.4) is 0 Å². The van der Waals surface area contributed by atoms with E-state index < -0.39 is 0 Å². The van der Waals surface area contributed by atoms with Crippen LogP contribution < -0.4 is 18.9 Å². The lowest BCUT2D eigenvalue weighted by Gasteiger charge is -2.32. The highest BCUT2D eigenvalue weighted by atomic mass is 16.6. The van der Waals surface area contributed by atoms with Crippen molar-refractivity contribution in [3.8, 4) is 23.0 Å². The van der Waals surface area contributed by atoms with E-state index in [4.69, 9.17) is 29.2 Å². The van der Waals surface area contributed by atoms with E-state index in [0.29, 0.717) is 38.1 Å². The molecule has 0 aliphatic carbocycles. The molecule has 2 N–H and O–H groups in total. The van der Waals surface area contributed by atoms with Crippen LogP contribution in [-0.4, -0.2) is 98.9 Å². The summed E-state index contributed by atoms with van der Waals surface area (Å²) < 4.78 is 24.2. The highest BCUT2D eigenvalue weighted by Gasteiger charge is 2.28. The van der Waals surface area contributed by atoms with Gasteiger partial charge in [-0.25, -0.2) is 0 Å². The van der Waals surface area contributed by atoms with Crippen LogP contribution >= 0.6 is 0 Å². The molecule has 2 aromatic carbocycles. The van der Waals surface area contributed by atoms with Crippen LogP contribution in [0.2, 0.25) is 0 Å². The van der Waals surface area contributed by atoms with Gasteiger partial charge in [0.25, 0.3) is 0 Å². The van der Waals surface area contributed by atoms with E-state index in [1.165, 1.54) is 11.1 Å². The number of aliphatic hydroxyl groups excluding tert-OH is 2. The second-order valence-electron chi connectivity index (χ2n) is 11.6. The molecule has 2 atom stereocenters. The Hall–Kier alpha value is -2.52. The molecule has 0 amide bonds. The molecule has 2 aliphatic rings. The molecule has 2 heterocycles. The molecule has 0 bridgehead atoms. The molecule has 0 spiro atoms. The van der Waals surface area contributed by atoms with Crippen molar-refractivity contribution in [2.45, 2.75) is 65.6 Å². The summed E-state index contributed by atoms with van der Waals surface area (Å²) in [5.41, 5.74) is 4.62. The summed E-state index contributed by atoms with van der Waals surface area (Å²) in [5.74, 6) is 4.39. The van der Waals surface area contributed by atoms with Crippen LogP contribution in [-0.2, 0) is 0 Å². The zero-order valence-corrected chi connectivity index (χ0v) is 25.7. The maximum atomic E-state index is 8.96. The van der Waals surface area contributed by atoms with Gasteiger partial charge in [-0.05, 0) is 50.9 Å². The van der Waals surface area contributed by atoms with Crippen LogP contribution in [0.4, 0.5) is 0 Å². The highest BCUT2D eigenvalue weighted by Crippen LogP contribution is 2.42. The molecule has 0 fully saturated rings. The Morgan fingerprint density at radius 1 is 0.675 bits per heavy atom. The number of ether oxygens (including phenoxy) is 4. The Kier molecular flexibility index (Phi) is 11.9. The van der Waals surface area contributed by atoms with E-state index in [1.807, 2.05) is 27.9 Å². The second kappa shape index (κ2) is 14.9. The van der Waals surface area contributed by atoms with Gasteiger partial charge >= 0.3 is 0 Å². The van der Waals surface area contributed by atoms with E-state index in [1.54, 1.807) is 0 Å². The minimum atomic E-state index is 0.0124. The second-order valence-corrected chi connectivity index (χ2v) is 11.6. The number of aryl methyl sites for hydroxylation is 2. The van der Waals surface area contributed by atoms with Crippen molar-refractivity contribution in [3.05, 3.63) is 46.5 Å². The molecule has 0 aromatic heterocycles. The number of aliphatic hydroxyl groups is 2. The normalized spacial score (nSPS) is 17.9. The molecule has 0 saturated carbocycles. The third-order valence-corrected chi connectivity index (χ3v) is 7.31. The van der Waals surface area contributed by atoms with Gasteiger partial charge in [-0.2, -0.15) is 0 Å². The lowest BCUT2D eigenvalue weighted by molar-refractivity contribution is 0.0595. The van der Waals surface area contributed by atoms with Gasteiger partial charge in [-0.3, -0.25) is 0 Å². The molecule has 0 saturated heterocycles. The summed E-state index contributed by atoms with van der Waals surface area (Å²) in [6, 6.07) is 8.44. The van der Waals surface area contributed by atoms with Gasteiger partial charge in [-0.1, -0.05) is 52.0 Å². The predicted octanol–water partition coefficient (Wildman–Crippen LogP) is 4.36. The SMILES string of the molecule is Cc1ccc(C(C)C)c2c1OC(CN(C)CCO)CO2.Cc1ccc(C(C)C)c2c1OCC(CN(C)CCO)O2. The fraction of sp³-hybridized carbons (Fsp3) is 0.625. The fourth-order valence-electron chi connectivity index (χ4n) is 5.01. The van der Waals surface area contributed by atoms with Crippen LogP contribution in [0.1, 0.15) is 61.8 Å². The van der Waals surface area contributed by atoms with Gasteiger partial charge in [0.2, 0.25) is 0 Å². The maximum absolute atomic E-state index is 8.96. The lowest BCUT2D eigenvalue weighted by atomic mass is 9.99. The van der Waals surface area contributed by atoms with Crippen molar-refractivity contribution in [2.24, 2.45) is 0 Å². The highest BCUT2D eigenvalue weighted by molar-refractivity contribution is 5.54. The Morgan fingerprint density at radius 3 is 1.57 bits per heavy atom. The Balaban J connectivity index is 0.000000220. The average Bonchev–Trinajstić information content (AvgIpc) is 2.89. The van der Waals surface area contributed by atoms with E-state index in [2.05, 4.69) is 61.8 Å². The van der Waals surface area contributed by atoms with Gasteiger partial charge in [0.15, 0.2) is 23.0 Å². The molecule has 8 nitrogen and oxygen atoms in total. The Labute approximate surface area is 240 Å². The fourth-order valence-corrected chi connectivity index (χ4v) is 5.01. The first kappa shape index (κ1) is 32.0. The number of nitrogens with zero attached hydrogens (tertiary/aromatic N) is 2. The summed E-state index contributed by atoms with van der Waals surface area (Å²) >= 11 is 0. The maximum Gasteiger partial charge on any atom is 0.165 e. The molecule has 2 aromatic rings. The number of fused-ring (bicyclic) bond motifs is 2. The van der Waals surface area contributed by atoms with Crippen LogP contribution in [0.5, 0.6) is 23.0 Å². The quantitative estimate of drug-likeness (QED) is 0.445. The molecule has 2 unspecified atom stereocenters. The number of hydrogen-bond donors (Lipinski definition) is 2. The molecule has 224 valence electrons. The van der Waals surface area contributed by atoms with Crippen LogP contribution in [0.25, 0.3) is 0 Å². The van der Waals surface area contributed by atoms with Crippen molar-refractivity contribution >= 4 is 0 Å². The first-order valence-electron chi connectivity index (χ1n) is 14.5. The summed E-state index contributed by atoms with van der Waals surface area (Å²) in [6.07, 6.45) is 0.0264. The first-order valence-corrected chi connectivity index (χ1v) is 14.5. The van der Waals surface area contributed by atoms with E-state index in [-0.39, 0.29) is 25.4 Å². The molecule has 40 heavy (non-hydrogen) atoms. The molecule has 4 rings (SSSR count). The number of rotatable bonds is 10. The zero-order valence-electron chi connectivity index (χ0n) is 25.7. The van der Waals surface area contributed by atoms with E-state index in [9.17, 15) is 0 Å². The average molecular weight is 559 g/mol. The number of benzene rings is 2. The summed E-state index contributed by atoms with van der Waals surface area (Å²) in [6.45, 7) is 17.0. The predicted molar refractivity (Wildman–Crippen MR) is 160 cm³/mol. The van der Waals surface area contributed by atoms with Crippen molar-refractivity contribution < 1.29 is 29.2 Å². The standard InChI is InChI=1S/2C16H25NO3/c1-11(2)14-6-5-12(3)15-16(14)19-10-13(20-15)9-17(4)7-8-18;1-11(2)14-6-5-12(3)15-16(14)20-13(10-19-15)9-17(4)7-8-18/h2*5-6,11,13,18H,7-10H2,1-4H3. The van der Waals surface area contributed by atoms with Gasteiger partial charge in [0.05, 0.1) is 13.2 Å². The largest absolute Gasteiger partial charge is 0.485 e. The molecular weight excluding hydrogens is 508 g/mol. The minimum Gasteiger partial charge on any atom is -0.485 e. The van der Waals surface area contributed by atoms with Crippen molar-refractivity contribution in [3.63, 3.8) is 0 Å². The first-order chi connectivity index (χ1) is 19.0. The lowest BCUT2D eigenvalue weighted by Crippen LogP contribution is -2.40. The minimum absolute atomic E-state index is 0.0124. The summed E-state index contributed by atoms with van der Waals surface area (Å²) in [5, 5.41) is 17.9. The van der Waals surface area contributed by atoms with E-state index >= 15 is 0 Å². The Morgan fingerprint density at radius 2 is 1.10 bits per heavy atom. The zero-order chi connectivity index (χ0) is 29.4. The molecule has 8 heteroatoms. The molecule has 2 aliphatic heterocycles. The third-order valence-electron chi connectivity index (χ3n) is 7.31. The number of hydrogen-bond acceptors (Lipinski definition) is 8. The van der Waals surface area contributed by atoms with Gasteiger partial charge in [0.1, 0.15) is 25.4 Å². The number of likely N-dealkylation sites (N-methyl/N-ethyl adjacent to an activating group) is 2. The monoisotopic (exact) mass is 558 g/mol. The summed E-state index contributed by atoms with van der Waals surface area (Å²) in [7, 11) is 3.96. The van der Waals surface area contributed by atoms with Crippen molar-refractivity contribution in [1.82, 2.24) is 9.80 Å². The van der Waals surface area contributed by atoms with Crippen molar-refractivity contribution in [2.75, 3.05) is 66.7 Å². The smallest absolute Gasteiger partial charge is 0.165 e. The summed E-state index contributed by atoms with van der Waals surface area (Å²) in [4.78, 5) is 4.12. The van der Waals surface area contributed by atoms with Gasteiger partial charge in [0, 0.05) is 37.3 Å². The van der Waals surface area contributed by atoms with E-state index in [0.717, 1.165) is 47.2 Å². The third kappa shape index (κ3) is 8.26. The van der Waals surface area contributed by atoms with Crippen LogP contribution in [0.15, 0.2) is 24.3 Å².